The number of rotatable bonds is 5. The monoisotopic (exact) mass is 237 g/mol. The molecule has 5 N–H and O–H groups in total. The van der Waals surface area contributed by atoms with Gasteiger partial charge in [0.05, 0.1) is 6.54 Å². The highest BCUT2D eigenvalue weighted by atomic mass is 16.5. The van der Waals surface area contributed by atoms with Crippen LogP contribution in [0, 0.1) is 0 Å². The fourth-order valence-electron chi connectivity index (χ4n) is 1.25. The zero-order valence-corrected chi connectivity index (χ0v) is 9.26. The molecule has 0 aromatic heterocycles. The van der Waals surface area contributed by atoms with Gasteiger partial charge in [0.15, 0.2) is 0 Å². The molecule has 0 spiro atoms. The van der Waals surface area contributed by atoms with Gasteiger partial charge in [-0.15, -0.1) is 0 Å². The van der Waals surface area contributed by atoms with Crippen LogP contribution in [0.4, 0.5) is 4.79 Å². The number of primary amides is 1. The summed E-state index contributed by atoms with van der Waals surface area (Å²) in [7, 11) is 0. The predicted molar refractivity (Wildman–Crippen MR) is 61.9 cm³/mol. The molecule has 0 aliphatic heterocycles. The van der Waals surface area contributed by atoms with Gasteiger partial charge in [0.1, 0.15) is 12.6 Å². The minimum absolute atomic E-state index is 0.0303. The molecule has 0 saturated heterocycles. The second kappa shape index (κ2) is 6.49. The molecule has 0 heterocycles. The Hall–Kier alpha value is -2.08. The summed E-state index contributed by atoms with van der Waals surface area (Å²) in [5, 5.41) is 2.54. The number of carbonyl (C=O) groups is 2. The van der Waals surface area contributed by atoms with Gasteiger partial charge in [0.25, 0.3) is 0 Å². The van der Waals surface area contributed by atoms with Gasteiger partial charge < -0.3 is 21.5 Å². The zero-order valence-electron chi connectivity index (χ0n) is 9.26. The molecule has 17 heavy (non-hydrogen) atoms. The number of carbonyl (C=O) groups excluding carboxylic acids is 2. The molecule has 6 nitrogen and oxygen atoms in total. The van der Waals surface area contributed by atoms with Crippen LogP contribution in [0.1, 0.15) is 11.6 Å². The van der Waals surface area contributed by atoms with E-state index in [1.165, 1.54) is 0 Å². The van der Waals surface area contributed by atoms with Gasteiger partial charge >= 0.3 is 6.09 Å². The average Bonchev–Trinajstić information content (AvgIpc) is 2.34. The maximum Gasteiger partial charge on any atom is 0.404 e. The molecule has 1 aromatic rings. The van der Waals surface area contributed by atoms with E-state index in [9.17, 15) is 9.59 Å². The summed E-state index contributed by atoms with van der Waals surface area (Å²) in [6, 6.07) is 8.25. The first-order chi connectivity index (χ1) is 8.11. The molecule has 1 aromatic carbocycles. The fraction of sp³-hybridized carbons (Fsp3) is 0.273. The number of hydrogen-bond acceptors (Lipinski definition) is 4. The molecule has 0 saturated carbocycles. The summed E-state index contributed by atoms with van der Waals surface area (Å²) in [5.74, 6) is -0.329. The summed E-state index contributed by atoms with van der Waals surface area (Å²) in [4.78, 5) is 21.8. The van der Waals surface area contributed by atoms with Gasteiger partial charge in [-0.2, -0.15) is 0 Å². The van der Waals surface area contributed by atoms with Crippen LogP contribution in [0.3, 0.4) is 0 Å². The molecule has 0 aliphatic carbocycles. The Labute approximate surface area is 98.9 Å². The van der Waals surface area contributed by atoms with Crippen molar-refractivity contribution in [2.24, 2.45) is 11.5 Å². The number of amides is 2. The van der Waals surface area contributed by atoms with Crippen molar-refractivity contribution >= 4 is 12.0 Å². The van der Waals surface area contributed by atoms with Crippen molar-refractivity contribution < 1.29 is 14.3 Å². The fourth-order valence-corrected chi connectivity index (χ4v) is 1.25. The Morgan fingerprint density at radius 2 is 1.94 bits per heavy atom. The lowest BCUT2D eigenvalue weighted by Gasteiger charge is -2.12. The largest absolute Gasteiger partial charge is 0.448 e. The highest BCUT2D eigenvalue weighted by Gasteiger charge is 2.14. The first kappa shape index (κ1) is 13.0. The Morgan fingerprint density at radius 3 is 2.53 bits per heavy atom. The maximum atomic E-state index is 11.6. The second-order valence-corrected chi connectivity index (χ2v) is 3.35. The SMILES string of the molecule is NC(=O)OCCNC(=O)C(N)c1ccccc1. The van der Waals surface area contributed by atoms with Crippen LogP contribution < -0.4 is 16.8 Å². The van der Waals surface area contributed by atoms with Gasteiger partial charge in [-0.3, -0.25) is 4.79 Å². The number of nitrogens with one attached hydrogen (secondary N) is 1. The van der Waals surface area contributed by atoms with Crippen molar-refractivity contribution in [2.45, 2.75) is 6.04 Å². The quantitative estimate of drug-likeness (QED) is 0.621. The first-order valence-corrected chi connectivity index (χ1v) is 5.11. The Bertz CT molecular complexity index is 381. The van der Waals surface area contributed by atoms with Crippen LogP contribution in [0.2, 0.25) is 0 Å². The van der Waals surface area contributed by atoms with Crippen molar-refractivity contribution in [1.29, 1.82) is 0 Å². The van der Waals surface area contributed by atoms with E-state index in [2.05, 4.69) is 10.1 Å². The number of benzene rings is 1. The highest BCUT2D eigenvalue weighted by Crippen LogP contribution is 2.08. The van der Waals surface area contributed by atoms with E-state index >= 15 is 0 Å². The lowest BCUT2D eigenvalue weighted by molar-refractivity contribution is -0.122. The summed E-state index contributed by atoms with van der Waals surface area (Å²) in [6.45, 7) is 0.213. The van der Waals surface area contributed by atoms with Crippen LogP contribution in [-0.4, -0.2) is 25.2 Å². The molecule has 0 bridgehead atoms. The number of ether oxygens (including phenoxy) is 1. The number of hydrogen-bond donors (Lipinski definition) is 3. The average molecular weight is 237 g/mol. The van der Waals surface area contributed by atoms with Gasteiger partial charge in [-0.05, 0) is 5.56 Å². The van der Waals surface area contributed by atoms with E-state index < -0.39 is 12.1 Å². The molecule has 92 valence electrons. The predicted octanol–water partition coefficient (Wildman–Crippen LogP) is -0.102. The van der Waals surface area contributed by atoms with E-state index in [4.69, 9.17) is 11.5 Å². The Morgan fingerprint density at radius 1 is 1.29 bits per heavy atom. The van der Waals surface area contributed by atoms with Crippen LogP contribution in [-0.2, 0) is 9.53 Å². The van der Waals surface area contributed by atoms with E-state index in [1.807, 2.05) is 6.07 Å². The molecule has 6 heteroatoms. The molecule has 0 aliphatic rings. The van der Waals surface area contributed by atoms with Gasteiger partial charge in [0.2, 0.25) is 5.91 Å². The lowest BCUT2D eigenvalue weighted by Crippen LogP contribution is -2.36. The highest BCUT2D eigenvalue weighted by molar-refractivity contribution is 5.82. The van der Waals surface area contributed by atoms with Crippen molar-refractivity contribution in [3.05, 3.63) is 35.9 Å². The van der Waals surface area contributed by atoms with Crippen LogP contribution in [0.25, 0.3) is 0 Å². The van der Waals surface area contributed by atoms with E-state index in [-0.39, 0.29) is 19.1 Å². The van der Waals surface area contributed by atoms with E-state index in [0.29, 0.717) is 0 Å². The molecule has 1 atom stereocenters. The third-order valence-corrected chi connectivity index (χ3v) is 2.09. The maximum absolute atomic E-state index is 11.6. The third kappa shape index (κ3) is 4.52. The normalized spacial score (nSPS) is 11.6. The molecular weight excluding hydrogens is 222 g/mol. The zero-order chi connectivity index (χ0) is 12.7. The van der Waals surface area contributed by atoms with Crippen LogP contribution >= 0.6 is 0 Å². The molecule has 1 unspecified atom stereocenters. The molecule has 1 rings (SSSR count). The van der Waals surface area contributed by atoms with Gasteiger partial charge in [-0.1, -0.05) is 30.3 Å². The van der Waals surface area contributed by atoms with E-state index in [0.717, 1.165) is 5.56 Å². The van der Waals surface area contributed by atoms with E-state index in [1.54, 1.807) is 24.3 Å². The van der Waals surface area contributed by atoms with Crippen LogP contribution in [0.15, 0.2) is 30.3 Å². The topological polar surface area (TPSA) is 107 Å². The first-order valence-electron chi connectivity index (χ1n) is 5.11. The van der Waals surface area contributed by atoms with Crippen molar-refractivity contribution in [3.8, 4) is 0 Å². The minimum atomic E-state index is -0.869. The third-order valence-electron chi connectivity index (χ3n) is 2.09. The lowest BCUT2D eigenvalue weighted by atomic mass is 10.1. The van der Waals surface area contributed by atoms with Crippen LogP contribution in [0.5, 0.6) is 0 Å². The van der Waals surface area contributed by atoms with Crippen molar-refractivity contribution in [3.63, 3.8) is 0 Å². The summed E-state index contributed by atoms with van der Waals surface area (Å²) in [6.07, 6.45) is -0.869. The molecular formula is C11H15N3O3. The standard InChI is InChI=1S/C11H15N3O3/c12-9(8-4-2-1-3-5-8)10(15)14-6-7-17-11(13)16/h1-5,9H,6-7,12H2,(H2,13,16)(H,14,15). The van der Waals surface area contributed by atoms with Gasteiger partial charge in [-0.25, -0.2) is 4.79 Å². The Kier molecular flexibility index (Phi) is 4.96. The summed E-state index contributed by atoms with van der Waals surface area (Å²) in [5.41, 5.74) is 11.2. The Balaban J connectivity index is 2.35. The minimum Gasteiger partial charge on any atom is -0.448 e. The summed E-state index contributed by atoms with van der Waals surface area (Å²) < 4.78 is 4.46. The van der Waals surface area contributed by atoms with Gasteiger partial charge in [0, 0.05) is 0 Å². The molecule has 0 fully saturated rings. The summed E-state index contributed by atoms with van der Waals surface area (Å²) >= 11 is 0. The smallest absolute Gasteiger partial charge is 0.404 e. The molecule has 0 radical (unpaired) electrons. The molecule has 2 amide bonds. The second-order valence-electron chi connectivity index (χ2n) is 3.35. The van der Waals surface area contributed by atoms with Crippen molar-refractivity contribution in [2.75, 3.05) is 13.2 Å². The number of nitrogens with two attached hydrogens (primary N) is 2. The van der Waals surface area contributed by atoms with Crippen molar-refractivity contribution in [1.82, 2.24) is 5.32 Å².